The van der Waals surface area contributed by atoms with E-state index >= 15 is 0 Å². The van der Waals surface area contributed by atoms with Crippen LogP contribution in [-0.4, -0.2) is 55.9 Å². The van der Waals surface area contributed by atoms with Crippen molar-refractivity contribution in [3.8, 4) is 11.3 Å². The first-order valence-corrected chi connectivity index (χ1v) is 13.3. The van der Waals surface area contributed by atoms with Crippen LogP contribution in [0.25, 0.3) is 11.3 Å². The topological polar surface area (TPSA) is 55.8 Å². The van der Waals surface area contributed by atoms with E-state index < -0.39 is 0 Å². The summed E-state index contributed by atoms with van der Waals surface area (Å²) in [5, 5.41) is 6.93. The molecule has 0 spiro atoms. The number of pyridine rings is 1. The lowest BCUT2D eigenvalue weighted by Crippen LogP contribution is -2.38. The van der Waals surface area contributed by atoms with Gasteiger partial charge in [-0.15, -0.1) is 0 Å². The number of hydrogen-bond donors (Lipinski definition) is 2. The lowest BCUT2D eigenvalue weighted by atomic mass is 9.93. The summed E-state index contributed by atoms with van der Waals surface area (Å²) in [7, 11) is 0. The van der Waals surface area contributed by atoms with Crippen LogP contribution in [0.5, 0.6) is 0 Å². The van der Waals surface area contributed by atoms with E-state index in [1.807, 2.05) is 0 Å². The number of anilines is 2. The molecule has 3 heterocycles. The number of benzene rings is 1. The van der Waals surface area contributed by atoms with Crippen molar-refractivity contribution in [1.82, 2.24) is 15.2 Å². The summed E-state index contributed by atoms with van der Waals surface area (Å²) in [6, 6.07) is 11.0. The summed E-state index contributed by atoms with van der Waals surface area (Å²) < 4.78 is 0. The monoisotopic (exact) mass is 474 g/mol. The molecule has 0 radical (unpaired) electrons. The van der Waals surface area contributed by atoms with Crippen LogP contribution in [0, 0.1) is 12.8 Å². The van der Waals surface area contributed by atoms with Crippen molar-refractivity contribution in [2.24, 2.45) is 10.9 Å². The summed E-state index contributed by atoms with van der Waals surface area (Å²) in [5.74, 6) is 2.48. The van der Waals surface area contributed by atoms with E-state index in [0.29, 0.717) is 5.82 Å². The van der Waals surface area contributed by atoms with Crippen molar-refractivity contribution < 1.29 is 0 Å². The third-order valence-corrected chi connectivity index (χ3v) is 7.45. The number of nitrogens with zero attached hydrogens (tertiary/aromatic N) is 4. The van der Waals surface area contributed by atoms with Crippen LogP contribution in [0.3, 0.4) is 0 Å². The number of rotatable bonds is 10. The predicted octanol–water partition coefficient (Wildman–Crippen LogP) is 5.97. The SMILES string of the molecule is C=Nc1nc(-c2ccc(N3CCCCC3)cc2)c(C)cc1NCCC1CCN(C(=C)NCC)CC1. The summed E-state index contributed by atoms with van der Waals surface area (Å²) in [5.41, 5.74) is 5.55. The predicted molar refractivity (Wildman–Crippen MR) is 150 cm³/mol. The Morgan fingerprint density at radius 1 is 1.09 bits per heavy atom. The number of piperidine rings is 2. The second-order valence-electron chi connectivity index (χ2n) is 9.90. The van der Waals surface area contributed by atoms with E-state index in [4.69, 9.17) is 4.98 Å². The Morgan fingerprint density at radius 3 is 2.46 bits per heavy atom. The standard InChI is InChI=1S/C29H42N6/c1-5-31-23(3)34-19-14-24(15-20-34)13-16-32-27-21-22(2)28(33-29(27)30-4)25-9-11-26(12-10-25)35-17-7-6-8-18-35/h9-12,21,24,31-32H,3-8,13-20H2,1-2H3. The zero-order valence-electron chi connectivity index (χ0n) is 21.7. The number of nitrogens with one attached hydrogen (secondary N) is 2. The Hall–Kier alpha value is -3.02. The Labute approximate surface area is 211 Å². The normalized spacial score (nSPS) is 16.7. The smallest absolute Gasteiger partial charge is 0.175 e. The van der Waals surface area contributed by atoms with E-state index in [2.05, 4.69) is 82.9 Å². The molecule has 0 saturated carbocycles. The molecular weight excluding hydrogens is 432 g/mol. The molecule has 2 aliphatic rings. The Kier molecular flexibility index (Phi) is 8.67. The van der Waals surface area contributed by atoms with Gasteiger partial charge in [0.15, 0.2) is 5.82 Å². The number of aromatic nitrogens is 1. The highest BCUT2D eigenvalue weighted by Gasteiger charge is 2.20. The van der Waals surface area contributed by atoms with Gasteiger partial charge in [0.25, 0.3) is 0 Å². The number of hydrogen-bond acceptors (Lipinski definition) is 6. The van der Waals surface area contributed by atoms with Gasteiger partial charge in [0, 0.05) is 50.5 Å². The average Bonchev–Trinajstić information content (AvgIpc) is 2.90. The molecule has 0 bridgehead atoms. The molecule has 2 N–H and O–H groups in total. The maximum Gasteiger partial charge on any atom is 0.175 e. The third-order valence-electron chi connectivity index (χ3n) is 7.45. The van der Waals surface area contributed by atoms with Crippen LogP contribution in [0.15, 0.2) is 47.7 Å². The lowest BCUT2D eigenvalue weighted by Gasteiger charge is -2.35. The molecule has 6 nitrogen and oxygen atoms in total. The molecule has 35 heavy (non-hydrogen) atoms. The van der Waals surface area contributed by atoms with Crippen molar-refractivity contribution in [3.05, 3.63) is 48.3 Å². The van der Waals surface area contributed by atoms with E-state index in [1.165, 1.54) is 37.8 Å². The van der Waals surface area contributed by atoms with E-state index in [0.717, 1.165) is 79.9 Å². The van der Waals surface area contributed by atoms with Crippen LogP contribution < -0.4 is 15.5 Å². The fourth-order valence-electron chi connectivity index (χ4n) is 5.35. The largest absolute Gasteiger partial charge is 0.382 e. The lowest BCUT2D eigenvalue weighted by molar-refractivity contribution is 0.212. The first-order valence-electron chi connectivity index (χ1n) is 13.3. The molecular formula is C29H42N6. The zero-order valence-corrected chi connectivity index (χ0v) is 21.7. The summed E-state index contributed by atoms with van der Waals surface area (Å²) in [6.45, 7) is 18.5. The van der Waals surface area contributed by atoms with Crippen molar-refractivity contribution in [3.63, 3.8) is 0 Å². The molecule has 0 aliphatic carbocycles. The summed E-state index contributed by atoms with van der Waals surface area (Å²) >= 11 is 0. The van der Waals surface area contributed by atoms with E-state index in [1.54, 1.807) is 0 Å². The quantitative estimate of drug-likeness (QED) is 0.415. The minimum absolute atomic E-state index is 0.683. The maximum absolute atomic E-state index is 4.89. The minimum atomic E-state index is 0.683. The van der Waals surface area contributed by atoms with Gasteiger partial charge in [-0.25, -0.2) is 9.98 Å². The highest BCUT2D eigenvalue weighted by Crippen LogP contribution is 2.32. The van der Waals surface area contributed by atoms with Gasteiger partial charge in [0.2, 0.25) is 0 Å². The molecule has 2 aliphatic heterocycles. The van der Waals surface area contributed by atoms with Gasteiger partial charge in [0.05, 0.1) is 17.2 Å². The van der Waals surface area contributed by atoms with Crippen LogP contribution in [0.2, 0.25) is 0 Å². The highest BCUT2D eigenvalue weighted by molar-refractivity contribution is 5.74. The minimum Gasteiger partial charge on any atom is -0.382 e. The number of likely N-dealkylation sites (tertiary alicyclic amines) is 1. The third kappa shape index (κ3) is 6.36. The van der Waals surface area contributed by atoms with Crippen molar-refractivity contribution in [1.29, 1.82) is 0 Å². The second-order valence-corrected chi connectivity index (χ2v) is 9.90. The first-order chi connectivity index (χ1) is 17.1. The molecule has 0 unspecified atom stereocenters. The molecule has 2 saturated heterocycles. The van der Waals surface area contributed by atoms with Crippen molar-refractivity contribution >= 4 is 23.9 Å². The van der Waals surface area contributed by atoms with Crippen LogP contribution in [0.4, 0.5) is 17.2 Å². The maximum atomic E-state index is 4.89. The highest BCUT2D eigenvalue weighted by atomic mass is 15.2. The number of aliphatic imine (C=N–C) groups is 1. The Bertz CT molecular complexity index is 985. The van der Waals surface area contributed by atoms with E-state index in [9.17, 15) is 0 Å². The summed E-state index contributed by atoms with van der Waals surface area (Å²) in [4.78, 5) is 14.0. The molecule has 2 fully saturated rings. The molecule has 188 valence electrons. The van der Waals surface area contributed by atoms with Gasteiger partial charge in [-0.1, -0.05) is 18.7 Å². The van der Waals surface area contributed by atoms with E-state index in [-0.39, 0.29) is 0 Å². The molecule has 6 heteroatoms. The van der Waals surface area contributed by atoms with Crippen LogP contribution in [-0.2, 0) is 0 Å². The molecule has 2 aromatic rings. The molecule has 0 atom stereocenters. The van der Waals surface area contributed by atoms with Gasteiger partial charge in [-0.3, -0.25) is 0 Å². The zero-order chi connectivity index (χ0) is 24.6. The van der Waals surface area contributed by atoms with Gasteiger partial charge >= 0.3 is 0 Å². The van der Waals surface area contributed by atoms with Crippen LogP contribution >= 0.6 is 0 Å². The fourth-order valence-corrected chi connectivity index (χ4v) is 5.35. The number of aryl methyl sites for hydroxylation is 1. The molecule has 1 aromatic carbocycles. The van der Waals surface area contributed by atoms with Crippen molar-refractivity contribution in [2.45, 2.75) is 52.4 Å². The average molecular weight is 475 g/mol. The molecule has 0 amide bonds. The fraction of sp³-hybridized carbons (Fsp3) is 0.517. The van der Waals surface area contributed by atoms with Gasteiger partial charge in [-0.05, 0) is 88.8 Å². The van der Waals surface area contributed by atoms with Crippen LogP contribution in [0.1, 0.15) is 51.0 Å². The van der Waals surface area contributed by atoms with Gasteiger partial charge < -0.3 is 20.4 Å². The Balaban J connectivity index is 1.34. The van der Waals surface area contributed by atoms with Gasteiger partial charge in [-0.2, -0.15) is 0 Å². The summed E-state index contributed by atoms with van der Waals surface area (Å²) in [6.07, 6.45) is 7.50. The Morgan fingerprint density at radius 2 is 1.80 bits per heavy atom. The van der Waals surface area contributed by atoms with Gasteiger partial charge in [0.1, 0.15) is 0 Å². The molecule has 1 aromatic heterocycles. The molecule has 4 rings (SSSR count). The first kappa shape index (κ1) is 25.1. The second kappa shape index (κ2) is 12.1. The van der Waals surface area contributed by atoms with Crippen molar-refractivity contribution in [2.75, 3.05) is 49.5 Å².